The van der Waals surface area contributed by atoms with E-state index in [1.165, 1.54) is 6.20 Å². The van der Waals surface area contributed by atoms with E-state index in [1.54, 1.807) is 19.9 Å². The summed E-state index contributed by atoms with van der Waals surface area (Å²) >= 11 is 0. The summed E-state index contributed by atoms with van der Waals surface area (Å²) in [5.74, 6) is -0.267. The molecule has 0 spiro atoms. The van der Waals surface area contributed by atoms with Crippen LogP contribution in [0.2, 0.25) is 0 Å². The molecule has 6 heteroatoms. The molecule has 108 valence electrons. The Morgan fingerprint density at radius 2 is 2.30 bits per heavy atom. The number of nitrogens with one attached hydrogen (secondary N) is 1. The van der Waals surface area contributed by atoms with E-state index < -0.39 is 5.60 Å². The summed E-state index contributed by atoms with van der Waals surface area (Å²) < 4.78 is 5.00. The second-order valence-electron chi connectivity index (χ2n) is 5.27. The summed E-state index contributed by atoms with van der Waals surface area (Å²) in [5, 5.41) is 17.3. The number of amides is 1. The molecule has 20 heavy (non-hydrogen) atoms. The predicted molar refractivity (Wildman–Crippen MR) is 74.4 cm³/mol. The first-order valence-corrected chi connectivity index (χ1v) is 6.65. The smallest absolute Gasteiger partial charge is 0.257 e. The van der Waals surface area contributed by atoms with Gasteiger partial charge in [0.05, 0.1) is 22.2 Å². The molecule has 2 aromatic heterocycles. The maximum Gasteiger partial charge on any atom is 0.257 e. The first kappa shape index (κ1) is 14.5. The molecular weight excluding hydrogens is 258 g/mol. The fourth-order valence-corrected chi connectivity index (χ4v) is 2.07. The molecule has 2 heterocycles. The highest BCUT2D eigenvalue weighted by atomic mass is 16.5. The lowest BCUT2D eigenvalue weighted by Crippen LogP contribution is -2.40. The number of hydrogen-bond donors (Lipinski definition) is 2. The van der Waals surface area contributed by atoms with Crippen LogP contribution in [0, 0.1) is 6.92 Å². The third-order valence-corrected chi connectivity index (χ3v) is 3.19. The summed E-state index contributed by atoms with van der Waals surface area (Å²) in [6.07, 6.45) is 2.93. The van der Waals surface area contributed by atoms with Crippen LogP contribution in [0.3, 0.4) is 0 Å². The highest BCUT2D eigenvalue weighted by molar-refractivity contribution is 5.96. The molecule has 0 aliphatic carbocycles. The van der Waals surface area contributed by atoms with Gasteiger partial charge in [0.2, 0.25) is 0 Å². The van der Waals surface area contributed by atoms with Crippen molar-refractivity contribution >= 4 is 17.0 Å². The maximum absolute atomic E-state index is 12.1. The van der Waals surface area contributed by atoms with Gasteiger partial charge in [-0.3, -0.25) is 4.79 Å². The van der Waals surface area contributed by atoms with Crippen molar-refractivity contribution in [2.24, 2.45) is 0 Å². The van der Waals surface area contributed by atoms with Crippen LogP contribution in [0.5, 0.6) is 0 Å². The third-order valence-electron chi connectivity index (χ3n) is 3.19. The normalized spacial score (nSPS) is 14.2. The summed E-state index contributed by atoms with van der Waals surface area (Å²) in [6, 6.07) is 1.69. The Hall–Kier alpha value is -1.95. The van der Waals surface area contributed by atoms with Gasteiger partial charge in [-0.2, -0.15) is 0 Å². The second kappa shape index (κ2) is 5.58. The van der Waals surface area contributed by atoms with E-state index in [1.807, 2.05) is 6.92 Å². The molecule has 0 saturated carbocycles. The number of nitrogens with zero attached hydrogens (tertiary/aromatic N) is 2. The minimum atomic E-state index is -0.894. The molecule has 0 bridgehead atoms. The van der Waals surface area contributed by atoms with Gasteiger partial charge in [0.25, 0.3) is 11.6 Å². The lowest BCUT2D eigenvalue weighted by molar-refractivity contribution is 0.0469. The van der Waals surface area contributed by atoms with E-state index in [-0.39, 0.29) is 12.5 Å². The van der Waals surface area contributed by atoms with Crippen molar-refractivity contribution in [3.05, 3.63) is 23.5 Å². The van der Waals surface area contributed by atoms with Crippen molar-refractivity contribution < 1.29 is 14.4 Å². The van der Waals surface area contributed by atoms with Crippen molar-refractivity contribution in [1.82, 2.24) is 15.5 Å². The number of fused-ring (bicyclic) bond motifs is 1. The Labute approximate surface area is 117 Å². The Kier molecular flexibility index (Phi) is 4.04. The first-order chi connectivity index (χ1) is 9.43. The number of aromatic nitrogens is 2. The zero-order valence-corrected chi connectivity index (χ0v) is 11.9. The lowest BCUT2D eigenvalue weighted by Gasteiger charge is -2.22. The summed E-state index contributed by atoms with van der Waals surface area (Å²) in [6.45, 7) is 5.70. The molecule has 1 atom stereocenters. The van der Waals surface area contributed by atoms with E-state index in [0.29, 0.717) is 23.4 Å². The summed E-state index contributed by atoms with van der Waals surface area (Å²) in [7, 11) is 0. The van der Waals surface area contributed by atoms with Crippen LogP contribution >= 0.6 is 0 Å². The van der Waals surface area contributed by atoms with Crippen molar-refractivity contribution in [2.75, 3.05) is 6.54 Å². The second-order valence-corrected chi connectivity index (χ2v) is 5.27. The number of hydrogen-bond acceptors (Lipinski definition) is 5. The van der Waals surface area contributed by atoms with E-state index >= 15 is 0 Å². The summed E-state index contributed by atoms with van der Waals surface area (Å²) in [4.78, 5) is 16.1. The van der Waals surface area contributed by atoms with Gasteiger partial charge in [-0.15, -0.1) is 0 Å². The average molecular weight is 277 g/mol. The number of carbonyl (C=O) groups is 1. The van der Waals surface area contributed by atoms with Crippen LogP contribution in [0.25, 0.3) is 11.1 Å². The van der Waals surface area contributed by atoms with Gasteiger partial charge in [0.15, 0.2) is 0 Å². The zero-order valence-electron chi connectivity index (χ0n) is 11.9. The molecule has 2 N–H and O–H groups in total. The molecule has 0 aliphatic heterocycles. The van der Waals surface area contributed by atoms with Crippen LogP contribution in [0.1, 0.15) is 42.7 Å². The van der Waals surface area contributed by atoms with Gasteiger partial charge in [0, 0.05) is 12.7 Å². The Morgan fingerprint density at radius 1 is 1.55 bits per heavy atom. The van der Waals surface area contributed by atoms with E-state index in [9.17, 15) is 9.90 Å². The molecule has 0 radical (unpaired) electrons. The highest BCUT2D eigenvalue weighted by Gasteiger charge is 2.20. The van der Waals surface area contributed by atoms with Crippen molar-refractivity contribution in [1.29, 1.82) is 0 Å². The van der Waals surface area contributed by atoms with Gasteiger partial charge < -0.3 is 14.9 Å². The fourth-order valence-electron chi connectivity index (χ4n) is 2.07. The third kappa shape index (κ3) is 3.14. The molecule has 1 unspecified atom stereocenters. The van der Waals surface area contributed by atoms with Gasteiger partial charge in [0.1, 0.15) is 0 Å². The molecule has 6 nitrogen and oxygen atoms in total. The Balaban J connectivity index is 2.09. The lowest BCUT2D eigenvalue weighted by atomic mass is 10.0. The van der Waals surface area contributed by atoms with Gasteiger partial charge in [-0.25, -0.2) is 4.98 Å². The van der Waals surface area contributed by atoms with Crippen LogP contribution in [-0.4, -0.2) is 33.3 Å². The number of carbonyl (C=O) groups excluding carboxylic acids is 1. The van der Waals surface area contributed by atoms with Crippen LogP contribution < -0.4 is 5.32 Å². The monoisotopic (exact) mass is 277 g/mol. The van der Waals surface area contributed by atoms with Crippen LogP contribution in [0.4, 0.5) is 0 Å². The van der Waals surface area contributed by atoms with Crippen LogP contribution in [0.15, 0.2) is 16.8 Å². The molecule has 0 saturated heterocycles. The minimum absolute atomic E-state index is 0.209. The number of rotatable bonds is 5. The first-order valence-electron chi connectivity index (χ1n) is 6.65. The van der Waals surface area contributed by atoms with E-state index in [0.717, 1.165) is 11.8 Å². The minimum Gasteiger partial charge on any atom is -0.388 e. The Bertz CT molecular complexity index is 619. The largest absolute Gasteiger partial charge is 0.388 e. The Morgan fingerprint density at radius 3 is 3.00 bits per heavy atom. The van der Waals surface area contributed by atoms with E-state index in [4.69, 9.17) is 4.52 Å². The molecule has 1 amide bonds. The average Bonchev–Trinajstić information content (AvgIpc) is 2.77. The number of aliphatic hydroxyl groups is 1. The highest BCUT2D eigenvalue weighted by Crippen LogP contribution is 2.17. The van der Waals surface area contributed by atoms with E-state index in [2.05, 4.69) is 15.5 Å². The predicted octanol–water partition coefficient (Wildman–Crippen LogP) is 1.81. The molecule has 0 aliphatic rings. The van der Waals surface area contributed by atoms with Gasteiger partial charge >= 0.3 is 0 Å². The molecule has 0 fully saturated rings. The zero-order chi connectivity index (χ0) is 14.8. The van der Waals surface area contributed by atoms with Crippen LogP contribution in [-0.2, 0) is 0 Å². The SMILES string of the molecule is CCCC(C)(O)CNC(=O)c1cnc2onc(C)c2c1. The van der Waals surface area contributed by atoms with Gasteiger partial charge in [-0.1, -0.05) is 18.5 Å². The van der Waals surface area contributed by atoms with Crippen molar-refractivity contribution in [3.8, 4) is 0 Å². The fraction of sp³-hybridized carbons (Fsp3) is 0.500. The van der Waals surface area contributed by atoms with Crippen molar-refractivity contribution in [3.63, 3.8) is 0 Å². The van der Waals surface area contributed by atoms with Crippen molar-refractivity contribution in [2.45, 2.75) is 39.2 Å². The molecule has 2 rings (SSSR count). The topological polar surface area (TPSA) is 88.2 Å². The molecule has 0 aromatic carbocycles. The summed E-state index contributed by atoms with van der Waals surface area (Å²) in [5.41, 5.74) is 0.642. The number of pyridine rings is 1. The number of aryl methyl sites for hydroxylation is 1. The van der Waals surface area contributed by atoms with Gasteiger partial charge in [-0.05, 0) is 26.3 Å². The molecular formula is C14H19N3O3. The quantitative estimate of drug-likeness (QED) is 0.870. The molecule has 2 aromatic rings. The maximum atomic E-state index is 12.1. The standard InChI is InChI=1S/C14H19N3O3/c1-4-5-14(3,19)8-16-12(18)10-6-11-9(2)17-20-13(11)15-7-10/h6-7,19H,4-5,8H2,1-3H3,(H,16,18).